The van der Waals surface area contributed by atoms with Crippen LogP contribution in [0.5, 0.6) is 5.75 Å². The van der Waals surface area contributed by atoms with E-state index < -0.39 is 0 Å². The van der Waals surface area contributed by atoms with Gasteiger partial charge in [0.2, 0.25) is 0 Å². The number of rotatable bonds is 3. The number of fused-ring (bicyclic) bond motifs is 3. The van der Waals surface area contributed by atoms with Crippen LogP contribution in [0.2, 0.25) is 15.1 Å². The molecule has 2 aromatic carbocycles. The first-order valence-corrected chi connectivity index (χ1v) is 9.01. The molecule has 5 nitrogen and oxygen atoms in total. The highest BCUT2D eigenvalue weighted by Crippen LogP contribution is 2.36. The molecule has 0 bridgehead atoms. The molecular formula is C19H12Cl3N3O2. The first-order valence-electron chi connectivity index (χ1n) is 7.88. The Bertz CT molecular complexity index is 1180. The second kappa shape index (κ2) is 6.93. The minimum Gasteiger partial charge on any atom is -0.495 e. The van der Waals surface area contributed by atoms with E-state index in [1.807, 2.05) is 6.07 Å². The molecule has 2 heterocycles. The van der Waals surface area contributed by atoms with Crippen LogP contribution >= 0.6 is 34.8 Å². The third-order valence-corrected chi connectivity index (χ3v) is 5.04. The standard InChI is InChI=1S/C19H12Cl3N3O2/c1-27-15-5-3-10(19(26)25-17-12(21)7-23-8-13(17)22)16-11-6-9(20)2-4-14(11)24-18(15)16/h2-8,24H,1H3,(H,23,25,26). The van der Waals surface area contributed by atoms with Crippen molar-refractivity contribution in [3.63, 3.8) is 0 Å². The molecule has 136 valence electrons. The molecule has 0 spiro atoms. The minimum absolute atomic E-state index is 0.252. The summed E-state index contributed by atoms with van der Waals surface area (Å²) in [6, 6.07) is 8.85. The first-order chi connectivity index (χ1) is 13.0. The number of benzene rings is 2. The lowest BCUT2D eigenvalue weighted by Gasteiger charge is -2.11. The first kappa shape index (κ1) is 17.9. The molecule has 0 saturated carbocycles. The Morgan fingerprint density at radius 2 is 1.85 bits per heavy atom. The van der Waals surface area contributed by atoms with Crippen LogP contribution < -0.4 is 10.1 Å². The Morgan fingerprint density at radius 3 is 2.56 bits per heavy atom. The Labute approximate surface area is 169 Å². The van der Waals surface area contributed by atoms with Crippen molar-refractivity contribution in [2.24, 2.45) is 0 Å². The molecule has 2 N–H and O–H groups in total. The van der Waals surface area contributed by atoms with Gasteiger partial charge in [-0.25, -0.2) is 0 Å². The summed E-state index contributed by atoms with van der Waals surface area (Å²) in [6.45, 7) is 0. The van der Waals surface area contributed by atoms with Crippen molar-refractivity contribution in [1.29, 1.82) is 0 Å². The van der Waals surface area contributed by atoms with Crippen LogP contribution in [0.3, 0.4) is 0 Å². The number of H-pyrrole nitrogens is 1. The fourth-order valence-electron chi connectivity index (χ4n) is 3.03. The molecule has 0 aliphatic carbocycles. The molecule has 27 heavy (non-hydrogen) atoms. The van der Waals surface area contributed by atoms with E-state index in [-0.39, 0.29) is 16.0 Å². The number of nitrogens with one attached hydrogen (secondary N) is 2. The normalized spacial score (nSPS) is 11.1. The van der Waals surface area contributed by atoms with Crippen LogP contribution in [0, 0.1) is 0 Å². The lowest BCUT2D eigenvalue weighted by Crippen LogP contribution is -2.13. The average molecular weight is 421 g/mol. The van der Waals surface area contributed by atoms with Gasteiger partial charge in [0, 0.05) is 39.3 Å². The van der Waals surface area contributed by atoms with E-state index in [2.05, 4.69) is 15.3 Å². The monoisotopic (exact) mass is 419 g/mol. The van der Waals surface area contributed by atoms with Crippen LogP contribution in [-0.2, 0) is 0 Å². The summed E-state index contributed by atoms with van der Waals surface area (Å²) in [4.78, 5) is 20.2. The molecular weight excluding hydrogens is 409 g/mol. The predicted octanol–water partition coefficient (Wildman–Crippen LogP) is 5.94. The number of hydrogen-bond donors (Lipinski definition) is 2. The van der Waals surface area contributed by atoms with Gasteiger partial charge in [-0.1, -0.05) is 34.8 Å². The fourth-order valence-corrected chi connectivity index (χ4v) is 3.66. The molecule has 1 amide bonds. The molecule has 0 atom stereocenters. The highest BCUT2D eigenvalue weighted by molar-refractivity contribution is 6.40. The van der Waals surface area contributed by atoms with Crippen LogP contribution in [0.1, 0.15) is 10.4 Å². The van der Waals surface area contributed by atoms with Crippen LogP contribution in [-0.4, -0.2) is 23.0 Å². The number of amides is 1. The maximum Gasteiger partial charge on any atom is 0.256 e. The smallest absolute Gasteiger partial charge is 0.256 e. The summed E-state index contributed by atoms with van der Waals surface area (Å²) >= 11 is 18.4. The molecule has 0 aliphatic rings. The largest absolute Gasteiger partial charge is 0.495 e. The van der Waals surface area contributed by atoms with Crippen LogP contribution in [0.25, 0.3) is 21.8 Å². The summed E-state index contributed by atoms with van der Waals surface area (Å²) in [7, 11) is 1.57. The fraction of sp³-hybridized carbons (Fsp3) is 0.0526. The van der Waals surface area contributed by atoms with Gasteiger partial charge < -0.3 is 15.0 Å². The quantitative estimate of drug-likeness (QED) is 0.431. The van der Waals surface area contributed by atoms with Gasteiger partial charge in [-0.2, -0.15) is 0 Å². The predicted molar refractivity (Wildman–Crippen MR) is 110 cm³/mol. The molecule has 4 rings (SSSR count). The van der Waals surface area contributed by atoms with Crippen molar-refractivity contribution < 1.29 is 9.53 Å². The number of methoxy groups -OCH3 is 1. The lowest BCUT2D eigenvalue weighted by molar-refractivity contribution is 0.102. The van der Waals surface area contributed by atoms with Gasteiger partial charge in [0.15, 0.2) is 0 Å². The average Bonchev–Trinajstić information content (AvgIpc) is 3.02. The van der Waals surface area contributed by atoms with E-state index in [0.717, 1.165) is 10.9 Å². The number of aromatic nitrogens is 2. The Kier molecular flexibility index (Phi) is 4.60. The summed E-state index contributed by atoms with van der Waals surface area (Å²) in [5.74, 6) is 0.257. The van der Waals surface area contributed by atoms with E-state index in [0.29, 0.717) is 32.9 Å². The van der Waals surface area contributed by atoms with Gasteiger partial charge in [-0.3, -0.25) is 9.78 Å². The zero-order chi connectivity index (χ0) is 19.1. The number of carbonyl (C=O) groups is 1. The number of anilines is 1. The van der Waals surface area contributed by atoms with Crippen LogP contribution in [0.15, 0.2) is 42.7 Å². The van der Waals surface area contributed by atoms with Crippen molar-refractivity contribution in [2.75, 3.05) is 12.4 Å². The van der Waals surface area contributed by atoms with Crippen molar-refractivity contribution in [3.8, 4) is 5.75 Å². The molecule has 0 radical (unpaired) electrons. The van der Waals surface area contributed by atoms with Gasteiger partial charge in [0.05, 0.1) is 28.4 Å². The molecule has 4 aromatic rings. The second-order valence-corrected chi connectivity index (χ2v) is 7.06. The molecule has 8 heteroatoms. The number of ether oxygens (including phenoxy) is 1. The Morgan fingerprint density at radius 1 is 1.11 bits per heavy atom. The van der Waals surface area contributed by atoms with Gasteiger partial charge in [0.1, 0.15) is 5.75 Å². The summed E-state index contributed by atoms with van der Waals surface area (Å²) in [6.07, 6.45) is 2.83. The number of nitrogens with zero attached hydrogens (tertiary/aromatic N) is 1. The highest BCUT2D eigenvalue weighted by atomic mass is 35.5. The topological polar surface area (TPSA) is 67.0 Å². The van der Waals surface area contributed by atoms with Gasteiger partial charge in [-0.15, -0.1) is 0 Å². The summed E-state index contributed by atoms with van der Waals surface area (Å²) < 4.78 is 5.43. The zero-order valence-electron chi connectivity index (χ0n) is 13.9. The number of pyridine rings is 1. The van der Waals surface area contributed by atoms with E-state index in [4.69, 9.17) is 39.5 Å². The second-order valence-electron chi connectivity index (χ2n) is 5.81. The van der Waals surface area contributed by atoms with Crippen molar-refractivity contribution in [1.82, 2.24) is 9.97 Å². The van der Waals surface area contributed by atoms with Gasteiger partial charge in [-0.05, 0) is 30.3 Å². The zero-order valence-corrected chi connectivity index (χ0v) is 16.2. The summed E-state index contributed by atoms with van der Waals surface area (Å²) in [5.41, 5.74) is 2.28. The SMILES string of the molecule is COc1ccc(C(=O)Nc2c(Cl)cncc2Cl)c2c1[nH]c1ccc(Cl)cc12. The number of aromatic amines is 1. The number of hydrogen-bond acceptors (Lipinski definition) is 3. The van der Waals surface area contributed by atoms with E-state index >= 15 is 0 Å². The highest BCUT2D eigenvalue weighted by Gasteiger charge is 2.19. The van der Waals surface area contributed by atoms with E-state index in [1.54, 1.807) is 31.4 Å². The maximum atomic E-state index is 13.0. The molecule has 2 aromatic heterocycles. The van der Waals surface area contributed by atoms with Crippen molar-refractivity contribution >= 4 is 68.2 Å². The van der Waals surface area contributed by atoms with Gasteiger partial charge >= 0.3 is 0 Å². The van der Waals surface area contributed by atoms with Crippen molar-refractivity contribution in [2.45, 2.75) is 0 Å². The molecule has 0 fully saturated rings. The lowest BCUT2D eigenvalue weighted by atomic mass is 10.0. The number of carbonyl (C=O) groups excluding carboxylic acids is 1. The van der Waals surface area contributed by atoms with E-state index in [1.165, 1.54) is 12.4 Å². The van der Waals surface area contributed by atoms with Gasteiger partial charge in [0.25, 0.3) is 5.91 Å². The van der Waals surface area contributed by atoms with Crippen LogP contribution in [0.4, 0.5) is 5.69 Å². The molecule has 0 aliphatic heterocycles. The minimum atomic E-state index is -0.362. The third kappa shape index (κ3) is 3.08. The summed E-state index contributed by atoms with van der Waals surface area (Å²) in [5, 5.41) is 5.35. The molecule has 0 unspecified atom stereocenters. The number of halogens is 3. The van der Waals surface area contributed by atoms with Crippen molar-refractivity contribution in [3.05, 3.63) is 63.4 Å². The maximum absolute atomic E-state index is 13.0. The molecule has 0 saturated heterocycles. The third-order valence-electron chi connectivity index (χ3n) is 4.23. The Balaban J connectivity index is 1.92. The van der Waals surface area contributed by atoms with E-state index in [9.17, 15) is 4.79 Å². The Hall–Kier alpha value is -2.47.